The average Bonchev–Trinajstić information content (AvgIpc) is 3.26. The molecule has 2 aliphatic rings. The molecule has 1 aliphatic heterocycles. The molecule has 1 N–H and O–H groups in total. The summed E-state index contributed by atoms with van der Waals surface area (Å²) in [6.45, 7) is 5.60. The maximum Gasteiger partial charge on any atom is 0.321 e. The second kappa shape index (κ2) is 5.96. The van der Waals surface area contributed by atoms with E-state index in [0.29, 0.717) is 0 Å². The molecule has 1 aromatic carbocycles. The average molecular weight is 324 g/mol. The highest BCUT2D eigenvalue weighted by atomic mass is 16.2. The van der Waals surface area contributed by atoms with Gasteiger partial charge in [0.15, 0.2) is 0 Å². The first-order chi connectivity index (χ1) is 11.6. The third-order valence-corrected chi connectivity index (χ3v) is 5.23. The number of rotatable bonds is 2. The van der Waals surface area contributed by atoms with Crippen molar-refractivity contribution in [2.24, 2.45) is 0 Å². The first-order valence-electron chi connectivity index (χ1n) is 8.81. The van der Waals surface area contributed by atoms with Crippen molar-refractivity contribution in [1.29, 1.82) is 0 Å². The van der Waals surface area contributed by atoms with Crippen LogP contribution in [0.3, 0.4) is 0 Å². The Labute approximate surface area is 142 Å². The molecule has 4 rings (SSSR count). The zero-order valence-corrected chi connectivity index (χ0v) is 14.4. The van der Waals surface area contributed by atoms with Gasteiger partial charge in [-0.2, -0.15) is 5.10 Å². The van der Waals surface area contributed by atoms with E-state index in [0.717, 1.165) is 43.7 Å². The summed E-state index contributed by atoms with van der Waals surface area (Å²) in [5.41, 5.74) is 5.90. The highest BCUT2D eigenvalue weighted by molar-refractivity contribution is 5.90. The number of benzene rings is 1. The number of carbonyl (C=O) groups excluding carboxylic acids is 1. The number of nitrogens with zero attached hydrogens (tertiary/aromatic N) is 3. The summed E-state index contributed by atoms with van der Waals surface area (Å²) in [5.74, 6) is 0. The fourth-order valence-electron chi connectivity index (χ4n) is 4.07. The van der Waals surface area contributed by atoms with Crippen molar-refractivity contribution in [2.45, 2.75) is 45.6 Å². The SMILES string of the molecule is Cc1cc(C)n(C2CCN(C(=O)Nc3cccc4c3CCC4)C2)n1. The highest BCUT2D eigenvalue weighted by Crippen LogP contribution is 2.30. The summed E-state index contributed by atoms with van der Waals surface area (Å²) in [5, 5.41) is 7.71. The van der Waals surface area contributed by atoms with E-state index >= 15 is 0 Å². The Bertz CT molecular complexity index is 780. The molecule has 0 bridgehead atoms. The molecular weight excluding hydrogens is 300 g/mol. The van der Waals surface area contributed by atoms with Crippen LogP contribution >= 0.6 is 0 Å². The van der Waals surface area contributed by atoms with Crippen LogP contribution in [0, 0.1) is 13.8 Å². The fraction of sp³-hybridized carbons (Fsp3) is 0.474. The lowest BCUT2D eigenvalue weighted by molar-refractivity contribution is 0.220. The molecule has 2 heterocycles. The molecule has 1 atom stereocenters. The Hall–Kier alpha value is -2.30. The van der Waals surface area contributed by atoms with Crippen LogP contribution in [0.1, 0.15) is 41.4 Å². The zero-order valence-electron chi connectivity index (χ0n) is 14.4. The van der Waals surface area contributed by atoms with E-state index in [2.05, 4.69) is 34.2 Å². The molecule has 2 aromatic rings. The normalized spacial score (nSPS) is 19.6. The van der Waals surface area contributed by atoms with Crippen molar-refractivity contribution in [3.8, 4) is 0 Å². The van der Waals surface area contributed by atoms with Crippen LogP contribution in [0.2, 0.25) is 0 Å². The smallest absolute Gasteiger partial charge is 0.321 e. The molecule has 1 saturated heterocycles. The van der Waals surface area contributed by atoms with Crippen LogP contribution < -0.4 is 5.32 Å². The van der Waals surface area contributed by atoms with Gasteiger partial charge in [-0.3, -0.25) is 4.68 Å². The van der Waals surface area contributed by atoms with Gasteiger partial charge in [0.2, 0.25) is 0 Å². The van der Waals surface area contributed by atoms with E-state index in [9.17, 15) is 4.79 Å². The van der Waals surface area contributed by atoms with Gasteiger partial charge in [-0.05, 0) is 62.8 Å². The van der Waals surface area contributed by atoms with Crippen LogP contribution in [0.4, 0.5) is 10.5 Å². The molecule has 0 radical (unpaired) electrons. The van der Waals surface area contributed by atoms with Crippen molar-refractivity contribution < 1.29 is 4.79 Å². The standard InChI is InChI=1S/C19H24N4O/c1-13-11-14(2)23(21-13)16-9-10-22(12-16)19(24)20-18-8-4-6-15-5-3-7-17(15)18/h4,6,8,11,16H,3,5,7,9-10,12H2,1-2H3,(H,20,24). The number of nitrogens with one attached hydrogen (secondary N) is 1. The lowest BCUT2D eigenvalue weighted by Gasteiger charge is -2.19. The summed E-state index contributed by atoms with van der Waals surface area (Å²) in [7, 11) is 0. The third-order valence-electron chi connectivity index (χ3n) is 5.23. The highest BCUT2D eigenvalue weighted by Gasteiger charge is 2.29. The number of anilines is 1. The summed E-state index contributed by atoms with van der Waals surface area (Å²) < 4.78 is 2.07. The van der Waals surface area contributed by atoms with Crippen LogP contribution in [0.5, 0.6) is 0 Å². The van der Waals surface area contributed by atoms with E-state index < -0.39 is 0 Å². The van der Waals surface area contributed by atoms with Crippen LogP contribution in [-0.2, 0) is 12.8 Å². The fourth-order valence-corrected chi connectivity index (χ4v) is 4.07. The predicted octanol–water partition coefficient (Wildman–Crippen LogP) is 3.47. The Morgan fingerprint density at radius 1 is 1.29 bits per heavy atom. The number of hydrogen-bond acceptors (Lipinski definition) is 2. The maximum absolute atomic E-state index is 12.7. The lowest BCUT2D eigenvalue weighted by atomic mass is 10.1. The molecule has 1 aromatic heterocycles. The van der Waals surface area contributed by atoms with E-state index in [1.54, 1.807) is 0 Å². The largest absolute Gasteiger partial charge is 0.322 e. The van der Waals surface area contributed by atoms with Crippen molar-refractivity contribution in [1.82, 2.24) is 14.7 Å². The first kappa shape index (κ1) is 15.2. The van der Waals surface area contributed by atoms with E-state index in [1.165, 1.54) is 23.2 Å². The topological polar surface area (TPSA) is 50.2 Å². The minimum atomic E-state index is 0.0133. The van der Waals surface area contributed by atoms with Gasteiger partial charge in [-0.15, -0.1) is 0 Å². The number of fused-ring (bicyclic) bond motifs is 1. The molecule has 126 valence electrons. The molecule has 5 nitrogen and oxygen atoms in total. The van der Waals surface area contributed by atoms with E-state index in [-0.39, 0.29) is 12.1 Å². The minimum absolute atomic E-state index is 0.0133. The van der Waals surface area contributed by atoms with Gasteiger partial charge < -0.3 is 10.2 Å². The predicted molar refractivity (Wildman–Crippen MR) is 94.4 cm³/mol. The summed E-state index contributed by atoms with van der Waals surface area (Å²) in [6.07, 6.45) is 4.34. The van der Waals surface area contributed by atoms with Gasteiger partial charge in [0.05, 0.1) is 11.7 Å². The van der Waals surface area contributed by atoms with Crippen LogP contribution in [0.25, 0.3) is 0 Å². The number of urea groups is 1. The monoisotopic (exact) mass is 324 g/mol. The molecule has 24 heavy (non-hydrogen) atoms. The molecular formula is C19H24N4O. The molecule has 5 heteroatoms. The van der Waals surface area contributed by atoms with Gasteiger partial charge in [-0.1, -0.05) is 12.1 Å². The van der Waals surface area contributed by atoms with Crippen molar-refractivity contribution >= 4 is 11.7 Å². The van der Waals surface area contributed by atoms with Gasteiger partial charge in [0.25, 0.3) is 0 Å². The summed E-state index contributed by atoms with van der Waals surface area (Å²) >= 11 is 0. The van der Waals surface area contributed by atoms with Gasteiger partial charge >= 0.3 is 6.03 Å². The first-order valence-corrected chi connectivity index (χ1v) is 8.81. The van der Waals surface area contributed by atoms with Gasteiger partial charge in [-0.25, -0.2) is 4.79 Å². The molecule has 2 amide bonds. The summed E-state index contributed by atoms with van der Waals surface area (Å²) in [4.78, 5) is 14.6. The second-order valence-corrected chi connectivity index (χ2v) is 6.99. The molecule has 0 saturated carbocycles. The third kappa shape index (κ3) is 2.68. The molecule has 1 aliphatic carbocycles. The number of hydrogen-bond donors (Lipinski definition) is 1. The van der Waals surface area contributed by atoms with Crippen LogP contribution in [-0.4, -0.2) is 33.8 Å². The number of carbonyl (C=O) groups is 1. The Morgan fingerprint density at radius 2 is 2.17 bits per heavy atom. The quantitative estimate of drug-likeness (QED) is 0.919. The maximum atomic E-state index is 12.7. The number of likely N-dealkylation sites (tertiary alicyclic amines) is 1. The number of aryl methyl sites for hydroxylation is 3. The number of amides is 2. The van der Waals surface area contributed by atoms with Crippen molar-refractivity contribution in [3.63, 3.8) is 0 Å². The minimum Gasteiger partial charge on any atom is -0.322 e. The van der Waals surface area contributed by atoms with Crippen molar-refractivity contribution in [2.75, 3.05) is 18.4 Å². The Morgan fingerprint density at radius 3 is 2.96 bits per heavy atom. The zero-order chi connectivity index (χ0) is 16.7. The molecule has 0 spiro atoms. The van der Waals surface area contributed by atoms with Crippen molar-refractivity contribution in [3.05, 3.63) is 46.8 Å². The summed E-state index contributed by atoms with van der Waals surface area (Å²) in [6, 6.07) is 8.63. The molecule has 1 unspecified atom stereocenters. The lowest BCUT2D eigenvalue weighted by Crippen LogP contribution is -2.33. The second-order valence-electron chi connectivity index (χ2n) is 6.99. The van der Waals surface area contributed by atoms with E-state index in [4.69, 9.17) is 0 Å². The molecule has 1 fully saturated rings. The van der Waals surface area contributed by atoms with Gasteiger partial charge in [0, 0.05) is 24.5 Å². The Balaban J connectivity index is 1.45. The number of aromatic nitrogens is 2. The Kier molecular flexibility index (Phi) is 3.79. The van der Waals surface area contributed by atoms with E-state index in [1.807, 2.05) is 24.0 Å². The van der Waals surface area contributed by atoms with Crippen LogP contribution in [0.15, 0.2) is 24.3 Å². The van der Waals surface area contributed by atoms with Gasteiger partial charge in [0.1, 0.15) is 0 Å².